The molecule has 0 heterocycles. The van der Waals surface area contributed by atoms with Crippen molar-refractivity contribution in [3.63, 3.8) is 0 Å². The number of halogens is 1. The lowest BCUT2D eigenvalue weighted by Crippen LogP contribution is -2.46. The quantitative estimate of drug-likeness (QED) is 0.725. The number of aryl methyl sites for hydroxylation is 1. The van der Waals surface area contributed by atoms with E-state index < -0.39 is 0 Å². The van der Waals surface area contributed by atoms with E-state index in [1.165, 1.54) is 19.3 Å². The van der Waals surface area contributed by atoms with E-state index in [4.69, 9.17) is 0 Å². The van der Waals surface area contributed by atoms with Crippen molar-refractivity contribution in [2.75, 3.05) is 32.0 Å². The molecule has 0 radical (unpaired) electrons. The number of rotatable bonds is 7. The maximum absolute atomic E-state index is 12.7. The molecule has 0 atom stereocenters. The smallest absolute Gasteiger partial charge is 0.238 e. The van der Waals surface area contributed by atoms with E-state index in [0.29, 0.717) is 6.04 Å². The van der Waals surface area contributed by atoms with Crippen LogP contribution in [0, 0.1) is 6.92 Å². The zero-order valence-corrected chi connectivity index (χ0v) is 17.6. The van der Waals surface area contributed by atoms with Crippen LogP contribution < -0.4 is 5.32 Å². The second-order valence-corrected chi connectivity index (χ2v) is 8.07. The highest BCUT2D eigenvalue weighted by Gasteiger charge is 2.25. The molecule has 26 heavy (non-hydrogen) atoms. The summed E-state index contributed by atoms with van der Waals surface area (Å²) in [5.41, 5.74) is 1.80. The molecule has 1 aromatic rings. The number of nitrogens with zero attached hydrogens (tertiary/aromatic N) is 2. The van der Waals surface area contributed by atoms with Gasteiger partial charge < -0.3 is 10.2 Å². The van der Waals surface area contributed by atoms with Gasteiger partial charge in [-0.3, -0.25) is 14.5 Å². The molecule has 144 valence electrons. The summed E-state index contributed by atoms with van der Waals surface area (Å²) in [4.78, 5) is 28.7. The van der Waals surface area contributed by atoms with Crippen molar-refractivity contribution < 1.29 is 9.59 Å². The molecule has 1 N–H and O–H groups in total. The molecular weight excluding hydrogens is 394 g/mol. The predicted octanol–water partition coefficient (Wildman–Crippen LogP) is 3.81. The van der Waals surface area contributed by atoms with Crippen LogP contribution in [0.4, 0.5) is 5.69 Å². The molecule has 0 unspecified atom stereocenters. The highest BCUT2D eigenvalue weighted by Crippen LogP contribution is 2.23. The fourth-order valence-electron chi connectivity index (χ4n) is 3.61. The number of anilines is 1. The SMILES string of the molecule is CCN(C(=O)CN(C)CC(=O)Nc1ccc(Br)cc1C)C1CCCCC1. The predicted molar refractivity (Wildman–Crippen MR) is 109 cm³/mol. The van der Waals surface area contributed by atoms with E-state index in [2.05, 4.69) is 21.2 Å². The Hall–Kier alpha value is -1.40. The van der Waals surface area contributed by atoms with Crippen molar-refractivity contribution in [3.05, 3.63) is 28.2 Å². The molecule has 5 nitrogen and oxygen atoms in total. The lowest BCUT2D eigenvalue weighted by molar-refractivity contribution is -0.135. The van der Waals surface area contributed by atoms with Gasteiger partial charge in [0.25, 0.3) is 0 Å². The van der Waals surface area contributed by atoms with Crippen LogP contribution in [0.1, 0.15) is 44.6 Å². The number of amides is 2. The third kappa shape index (κ3) is 6.09. The lowest BCUT2D eigenvalue weighted by Gasteiger charge is -2.34. The number of nitrogens with one attached hydrogen (secondary N) is 1. The second-order valence-electron chi connectivity index (χ2n) is 7.15. The number of carbonyl (C=O) groups is 2. The highest BCUT2D eigenvalue weighted by molar-refractivity contribution is 9.10. The summed E-state index contributed by atoms with van der Waals surface area (Å²) in [6.45, 7) is 5.20. The van der Waals surface area contributed by atoms with Crippen molar-refractivity contribution >= 4 is 33.4 Å². The summed E-state index contributed by atoms with van der Waals surface area (Å²) in [5.74, 6) is 0.0148. The first-order valence-corrected chi connectivity index (χ1v) is 10.2. The number of benzene rings is 1. The molecule has 0 spiro atoms. The minimum atomic E-state index is -0.105. The summed E-state index contributed by atoms with van der Waals surface area (Å²) in [5, 5.41) is 2.92. The molecule has 0 aromatic heterocycles. The second kappa shape index (κ2) is 10.1. The van der Waals surface area contributed by atoms with Gasteiger partial charge >= 0.3 is 0 Å². The van der Waals surface area contributed by atoms with Gasteiger partial charge in [-0.1, -0.05) is 35.2 Å². The summed E-state index contributed by atoms with van der Waals surface area (Å²) in [7, 11) is 1.82. The summed E-state index contributed by atoms with van der Waals surface area (Å²) in [6.07, 6.45) is 5.90. The van der Waals surface area contributed by atoms with E-state index >= 15 is 0 Å². The fraction of sp³-hybridized carbons (Fsp3) is 0.600. The molecule has 6 heteroatoms. The molecule has 2 amide bonds. The van der Waals surface area contributed by atoms with Gasteiger partial charge in [0.05, 0.1) is 13.1 Å². The molecule has 0 bridgehead atoms. The Bertz CT molecular complexity index is 629. The molecular formula is C20H30BrN3O2. The standard InChI is InChI=1S/C20H30BrN3O2/c1-4-24(17-8-6-5-7-9-17)20(26)14-23(3)13-19(25)22-18-11-10-16(21)12-15(18)2/h10-12,17H,4-9,13-14H2,1-3H3,(H,22,25). The molecule has 1 aromatic carbocycles. The van der Waals surface area contributed by atoms with Crippen LogP contribution in [-0.2, 0) is 9.59 Å². The molecule has 0 saturated heterocycles. The van der Waals surface area contributed by atoms with Gasteiger partial charge in [0, 0.05) is 22.7 Å². The number of hydrogen-bond donors (Lipinski definition) is 1. The van der Waals surface area contributed by atoms with Crippen LogP contribution >= 0.6 is 15.9 Å². The van der Waals surface area contributed by atoms with E-state index in [1.54, 1.807) is 4.90 Å². The maximum atomic E-state index is 12.7. The molecule has 1 aliphatic rings. The van der Waals surface area contributed by atoms with Gasteiger partial charge in [0.1, 0.15) is 0 Å². The van der Waals surface area contributed by atoms with Crippen molar-refractivity contribution in [2.24, 2.45) is 0 Å². The van der Waals surface area contributed by atoms with Crippen LogP contribution in [0.3, 0.4) is 0 Å². The average Bonchev–Trinajstić information content (AvgIpc) is 2.59. The Kier molecular flexibility index (Phi) is 8.10. The highest BCUT2D eigenvalue weighted by atomic mass is 79.9. The molecule has 0 aliphatic heterocycles. The first kappa shape index (κ1) is 20.9. The maximum Gasteiger partial charge on any atom is 0.238 e. The molecule has 1 aliphatic carbocycles. The topological polar surface area (TPSA) is 52.7 Å². The minimum absolute atomic E-state index is 0.105. The monoisotopic (exact) mass is 423 g/mol. The van der Waals surface area contributed by atoms with Gasteiger partial charge in [0.2, 0.25) is 11.8 Å². The number of hydrogen-bond acceptors (Lipinski definition) is 3. The van der Waals surface area contributed by atoms with E-state index in [1.807, 2.05) is 44.0 Å². The van der Waals surface area contributed by atoms with Crippen LogP contribution in [0.2, 0.25) is 0 Å². The Labute approximate surface area is 165 Å². The summed E-state index contributed by atoms with van der Waals surface area (Å²) < 4.78 is 0.984. The van der Waals surface area contributed by atoms with Gasteiger partial charge in [-0.2, -0.15) is 0 Å². The Morgan fingerprint density at radius 3 is 2.50 bits per heavy atom. The third-order valence-electron chi connectivity index (χ3n) is 4.96. The van der Waals surface area contributed by atoms with Gasteiger partial charge in [-0.05, 0) is 57.5 Å². The Morgan fingerprint density at radius 1 is 1.19 bits per heavy atom. The van der Waals surface area contributed by atoms with Crippen molar-refractivity contribution in [2.45, 2.75) is 52.0 Å². The van der Waals surface area contributed by atoms with Gasteiger partial charge in [-0.25, -0.2) is 0 Å². The zero-order chi connectivity index (χ0) is 19.1. The minimum Gasteiger partial charge on any atom is -0.339 e. The fourth-order valence-corrected chi connectivity index (χ4v) is 4.09. The lowest BCUT2D eigenvalue weighted by atomic mass is 9.94. The molecule has 1 saturated carbocycles. The number of likely N-dealkylation sites (N-methyl/N-ethyl adjacent to an activating group) is 2. The first-order chi connectivity index (χ1) is 12.4. The Morgan fingerprint density at radius 2 is 1.88 bits per heavy atom. The number of carbonyl (C=O) groups excluding carboxylic acids is 2. The largest absolute Gasteiger partial charge is 0.339 e. The summed E-state index contributed by atoms with van der Waals surface area (Å²) >= 11 is 3.42. The van der Waals surface area contributed by atoms with E-state index in [9.17, 15) is 9.59 Å². The molecule has 1 fully saturated rings. The zero-order valence-electron chi connectivity index (χ0n) is 16.1. The normalized spacial score (nSPS) is 15.1. The van der Waals surface area contributed by atoms with Crippen LogP contribution in [0.15, 0.2) is 22.7 Å². The first-order valence-electron chi connectivity index (χ1n) is 9.44. The van der Waals surface area contributed by atoms with Gasteiger partial charge in [-0.15, -0.1) is 0 Å². The summed E-state index contributed by atoms with van der Waals surface area (Å²) in [6, 6.07) is 6.12. The third-order valence-corrected chi connectivity index (χ3v) is 5.45. The average molecular weight is 424 g/mol. The van der Waals surface area contributed by atoms with Crippen LogP contribution in [0.25, 0.3) is 0 Å². The van der Waals surface area contributed by atoms with Crippen LogP contribution in [0.5, 0.6) is 0 Å². The van der Waals surface area contributed by atoms with Crippen molar-refractivity contribution in [1.82, 2.24) is 9.80 Å². The van der Waals surface area contributed by atoms with Crippen molar-refractivity contribution in [1.29, 1.82) is 0 Å². The van der Waals surface area contributed by atoms with Gasteiger partial charge in [0.15, 0.2) is 0 Å². The van der Waals surface area contributed by atoms with E-state index in [-0.39, 0.29) is 24.9 Å². The van der Waals surface area contributed by atoms with Crippen LogP contribution in [-0.4, -0.2) is 54.3 Å². The Balaban J connectivity index is 1.85. The molecule has 2 rings (SSSR count). The van der Waals surface area contributed by atoms with E-state index in [0.717, 1.165) is 35.1 Å². The van der Waals surface area contributed by atoms with Crippen molar-refractivity contribution in [3.8, 4) is 0 Å².